The van der Waals surface area contributed by atoms with E-state index in [-0.39, 0.29) is 29.4 Å². The maximum Gasteiger partial charge on any atom is 0.352 e. The number of rotatable bonds is 9. The monoisotopic (exact) mass is 600 g/mol. The minimum Gasteiger partial charge on any atom is -0.466 e. The molecular formula is C24H29ClN4O12. The first-order valence-electron chi connectivity index (χ1n) is 11.7. The second-order valence-corrected chi connectivity index (χ2v) is 8.37. The number of carbonyl (C=O) groups excluding carboxylic acids is 4. The van der Waals surface area contributed by atoms with Crippen LogP contribution in [-0.4, -0.2) is 55.7 Å². The van der Waals surface area contributed by atoms with Crippen LogP contribution in [0.5, 0.6) is 0 Å². The van der Waals surface area contributed by atoms with Crippen LogP contribution >= 0.6 is 11.6 Å². The highest BCUT2D eigenvalue weighted by molar-refractivity contribution is 6.32. The van der Waals surface area contributed by atoms with Crippen LogP contribution in [0.25, 0.3) is 0 Å². The predicted octanol–water partition coefficient (Wildman–Crippen LogP) is 2.00. The average molecular weight is 601 g/mol. The number of ether oxygens (including phenoxy) is 2. The highest BCUT2D eigenvalue weighted by Gasteiger charge is 2.35. The van der Waals surface area contributed by atoms with Gasteiger partial charge in [-0.15, -0.1) is 0 Å². The minimum atomic E-state index is -1.47. The zero-order valence-corrected chi connectivity index (χ0v) is 23.8. The lowest BCUT2D eigenvalue weighted by Gasteiger charge is -2.13. The van der Waals surface area contributed by atoms with Crippen LogP contribution in [0.1, 0.15) is 45.6 Å². The minimum absolute atomic E-state index is 0.0290. The van der Waals surface area contributed by atoms with Crippen LogP contribution in [0.15, 0.2) is 34.1 Å². The molecule has 2 heterocycles. The number of hydrogen-bond donors (Lipinski definition) is 0. The molecule has 16 nitrogen and oxygen atoms in total. The summed E-state index contributed by atoms with van der Waals surface area (Å²) in [6.45, 7) is 6.10. The SMILES string of the molecule is CCOC(=O)C(C(C)=O)c1ccn(C)c(=O)c1[N+](=O)[O-].CCOC(=O)CC(C)=O.Cn1ccc(Cl)c([N+](=O)[O-])c1=O. The summed E-state index contributed by atoms with van der Waals surface area (Å²) in [5.74, 6) is -3.60. The van der Waals surface area contributed by atoms with Crippen LogP contribution in [0.3, 0.4) is 0 Å². The molecule has 2 aromatic heterocycles. The van der Waals surface area contributed by atoms with Crippen molar-refractivity contribution in [3.63, 3.8) is 0 Å². The van der Waals surface area contributed by atoms with Crippen molar-refractivity contribution in [3.8, 4) is 0 Å². The van der Waals surface area contributed by atoms with Gasteiger partial charge >= 0.3 is 34.4 Å². The molecule has 2 aromatic rings. The van der Waals surface area contributed by atoms with Crippen LogP contribution < -0.4 is 11.1 Å². The molecule has 224 valence electrons. The first-order valence-corrected chi connectivity index (χ1v) is 12.0. The summed E-state index contributed by atoms with van der Waals surface area (Å²) in [5, 5.41) is 21.2. The molecule has 0 amide bonds. The molecule has 0 aromatic carbocycles. The second kappa shape index (κ2) is 17.1. The van der Waals surface area contributed by atoms with Crippen molar-refractivity contribution in [1.29, 1.82) is 0 Å². The van der Waals surface area contributed by atoms with Crippen molar-refractivity contribution in [2.24, 2.45) is 14.1 Å². The number of pyridine rings is 2. The molecule has 0 spiro atoms. The normalized spacial score (nSPS) is 10.5. The topological polar surface area (TPSA) is 217 Å². The third-order valence-corrected chi connectivity index (χ3v) is 5.08. The summed E-state index contributed by atoms with van der Waals surface area (Å²) >= 11 is 5.44. The largest absolute Gasteiger partial charge is 0.466 e. The molecule has 0 radical (unpaired) electrons. The van der Waals surface area contributed by atoms with Gasteiger partial charge < -0.3 is 18.6 Å². The third kappa shape index (κ3) is 11.1. The van der Waals surface area contributed by atoms with E-state index >= 15 is 0 Å². The summed E-state index contributed by atoms with van der Waals surface area (Å²) in [6, 6.07) is 2.52. The van der Waals surface area contributed by atoms with Gasteiger partial charge in [-0.25, -0.2) is 0 Å². The zero-order chi connectivity index (χ0) is 32.0. The third-order valence-electron chi connectivity index (χ3n) is 4.77. The Morgan fingerprint density at radius 2 is 1.34 bits per heavy atom. The van der Waals surface area contributed by atoms with Crippen molar-refractivity contribution in [3.05, 3.63) is 76.0 Å². The van der Waals surface area contributed by atoms with E-state index in [0.29, 0.717) is 6.61 Å². The number of nitro groups is 2. The molecule has 0 saturated heterocycles. The van der Waals surface area contributed by atoms with Gasteiger partial charge in [0.25, 0.3) is 0 Å². The lowest BCUT2D eigenvalue weighted by molar-refractivity contribution is -0.387. The van der Waals surface area contributed by atoms with Crippen LogP contribution in [0.4, 0.5) is 11.4 Å². The highest BCUT2D eigenvalue weighted by Crippen LogP contribution is 2.25. The second-order valence-electron chi connectivity index (χ2n) is 7.96. The lowest BCUT2D eigenvalue weighted by atomic mass is 9.95. The molecule has 1 atom stereocenters. The van der Waals surface area contributed by atoms with Crippen LogP contribution in [0.2, 0.25) is 5.02 Å². The van der Waals surface area contributed by atoms with E-state index in [9.17, 15) is 49.0 Å². The van der Waals surface area contributed by atoms with Gasteiger partial charge in [0.05, 0.1) is 28.6 Å². The fourth-order valence-electron chi connectivity index (χ4n) is 2.96. The summed E-state index contributed by atoms with van der Waals surface area (Å²) in [7, 11) is 2.76. The Labute approximate surface area is 237 Å². The molecular weight excluding hydrogens is 572 g/mol. The highest BCUT2D eigenvalue weighted by atomic mass is 35.5. The molecule has 0 aliphatic carbocycles. The van der Waals surface area contributed by atoms with E-state index in [0.717, 1.165) is 16.1 Å². The first-order chi connectivity index (χ1) is 19.0. The van der Waals surface area contributed by atoms with Crippen molar-refractivity contribution < 1.29 is 38.5 Å². The van der Waals surface area contributed by atoms with E-state index in [1.165, 1.54) is 45.5 Å². The average Bonchev–Trinajstić information content (AvgIpc) is 2.84. The van der Waals surface area contributed by atoms with Crippen LogP contribution in [-0.2, 0) is 42.7 Å². The molecule has 0 bridgehead atoms. The number of esters is 2. The number of halogens is 1. The smallest absolute Gasteiger partial charge is 0.352 e. The van der Waals surface area contributed by atoms with Crippen molar-refractivity contribution in [2.45, 2.75) is 40.0 Å². The van der Waals surface area contributed by atoms with Gasteiger partial charge in [0, 0.05) is 26.5 Å². The van der Waals surface area contributed by atoms with E-state index in [4.69, 9.17) is 16.3 Å². The van der Waals surface area contributed by atoms with Gasteiger partial charge in [-0.3, -0.25) is 49.0 Å². The Morgan fingerprint density at radius 1 is 0.878 bits per heavy atom. The summed E-state index contributed by atoms with van der Waals surface area (Å²) in [5.41, 5.74) is -3.20. The fraction of sp³-hybridized carbons (Fsp3) is 0.417. The molecule has 0 saturated carbocycles. The predicted molar refractivity (Wildman–Crippen MR) is 144 cm³/mol. The van der Waals surface area contributed by atoms with E-state index in [2.05, 4.69) is 4.74 Å². The number of Topliss-reactive ketones (excluding diaryl/α,β-unsaturated/α-hetero) is 2. The van der Waals surface area contributed by atoms with Gasteiger partial charge in [0.2, 0.25) is 0 Å². The van der Waals surface area contributed by atoms with Crippen molar-refractivity contribution in [1.82, 2.24) is 9.13 Å². The zero-order valence-electron chi connectivity index (χ0n) is 23.1. The number of ketones is 2. The Morgan fingerprint density at radius 3 is 1.73 bits per heavy atom. The summed E-state index contributed by atoms with van der Waals surface area (Å²) in [6.07, 6.45) is 2.53. The fourth-order valence-corrected chi connectivity index (χ4v) is 3.16. The van der Waals surface area contributed by atoms with Gasteiger partial charge in [-0.2, -0.15) is 0 Å². The Hall–Kier alpha value is -4.73. The molecule has 0 fully saturated rings. The maximum absolute atomic E-state index is 11.8. The maximum atomic E-state index is 11.8. The number of hydrogen-bond acceptors (Lipinski definition) is 12. The van der Waals surface area contributed by atoms with Crippen LogP contribution in [0, 0.1) is 20.2 Å². The van der Waals surface area contributed by atoms with E-state index in [1.807, 2.05) is 0 Å². The molecule has 17 heteroatoms. The summed E-state index contributed by atoms with van der Waals surface area (Å²) < 4.78 is 11.3. The van der Waals surface area contributed by atoms with Gasteiger partial charge in [-0.05, 0) is 39.8 Å². The standard InChI is InChI=1S/C12H14N2O6.C6H5ClN2O3.C6H10O3/c1-4-20-12(17)9(7(2)15)8-5-6-13(3)11(16)10(8)14(18)19;1-8-3-2-4(7)5(6(8)10)9(11)12;1-3-9-6(8)4-5(2)7/h5-6,9H,4H2,1-3H3;2-3H,1H3;3-4H2,1-2H3. The Kier molecular flexibility index (Phi) is 15.1. The Balaban J connectivity index is 0.000000646. The summed E-state index contributed by atoms with van der Waals surface area (Å²) in [4.78, 5) is 86.5. The van der Waals surface area contributed by atoms with Gasteiger partial charge in [0.1, 0.15) is 28.9 Å². The first kappa shape index (κ1) is 36.3. The molecule has 1 unspecified atom stereocenters. The lowest BCUT2D eigenvalue weighted by Crippen LogP contribution is -2.28. The molecule has 2 rings (SSSR count). The number of carbonyl (C=O) groups is 4. The molecule has 0 N–H and O–H groups in total. The Bertz CT molecular complexity index is 1430. The van der Waals surface area contributed by atoms with Gasteiger partial charge in [0.15, 0.2) is 0 Å². The number of aryl methyl sites for hydroxylation is 2. The molecule has 0 aliphatic heterocycles. The molecule has 41 heavy (non-hydrogen) atoms. The van der Waals surface area contributed by atoms with E-state index < -0.39 is 56.0 Å². The number of nitrogens with zero attached hydrogens (tertiary/aromatic N) is 4. The quantitative estimate of drug-likeness (QED) is 0.175. The molecule has 0 aliphatic rings. The van der Waals surface area contributed by atoms with Gasteiger partial charge in [-0.1, -0.05) is 11.6 Å². The number of aromatic nitrogens is 2. The van der Waals surface area contributed by atoms with E-state index in [1.54, 1.807) is 13.8 Å². The van der Waals surface area contributed by atoms with Crippen molar-refractivity contribution in [2.75, 3.05) is 13.2 Å². The van der Waals surface area contributed by atoms with Crippen molar-refractivity contribution >= 4 is 46.5 Å².